The van der Waals surface area contributed by atoms with E-state index in [0.29, 0.717) is 11.3 Å². The van der Waals surface area contributed by atoms with Crippen LogP contribution in [0.5, 0.6) is 5.75 Å². The van der Waals surface area contributed by atoms with Gasteiger partial charge in [0.2, 0.25) is 0 Å². The number of hydrazine groups is 1. The van der Waals surface area contributed by atoms with Crippen LogP contribution < -0.4 is 16.0 Å². The molecule has 102 valence electrons. The highest BCUT2D eigenvalue weighted by molar-refractivity contribution is 5.39. The first-order valence-corrected chi connectivity index (χ1v) is 5.55. The summed E-state index contributed by atoms with van der Waals surface area (Å²) in [7, 11) is 1.48. The molecule has 3 nitrogen and oxygen atoms in total. The minimum Gasteiger partial charge on any atom is -0.496 e. The molecule has 0 spiro atoms. The molecule has 18 heavy (non-hydrogen) atoms. The number of nitrogens with two attached hydrogens (primary N) is 1. The van der Waals surface area contributed by atoms with Crippen LogP contribution in [0.15, 0.2) is 18.2 Å². The van der Waals surface area contributed by atoms with Crippen molar-refractivity contribution in [1.82, 2.24) is 5.43 Å². The summed E-state index contributed by atoms with van der Waals surface area (Å²) in [5.74, 6) is 5.87. The molecular formula is C12H17F3N2O. The Bertz CT molecular complexity index is 393. The minimum atomic E-state index is -4.19. The maximum Gasteiger partial charge on any atom is 0.389 e. The lowest BCUT2D eigenvalue weighted by molar-refractivity contribution is -0.136. The van der Waals surface area contributed by atoms with E-state index in [1.807, 2.05) is 13.0 Å². The zero-order valence-electron chi connectivity index (χ0n) is 10.3. The molecule has 0 radical (unpaired) electrons. The lowest BCUT2D eigenvalue weighted by atomic mass is 9.99. The molecule has 0 aromatic heterocycles. The topological polar surface area (TPSA) is 47.3 Å². The summed E-state index contributed by atoms with van der Waals surface area (Å²) >= 11 is 0. The first-order valence-electron chi connectivity index (χ1n) is 5.55. The van der Waals surface area contributed by atoms with E-state index in [4.69, 9.17) is 10.6 Å². The van der Waals surface area contributed by atoms with Crippen LogP contribution in [0.1, 0.15) is 30.0 Å². The molecule has 0 saturated heterocycles. The molecule has 1 rings (SSSR count). The van der Waals surface area contributed by atoms with Gasteiger partial charge in [0, 0.05) is 18.0 Å². The van der Waals surface area contributed by atoms with Crippen LogP contribution in [0.3, 0.4) is 0 Å². The van der Waals surface area contributed by atoms with Crippen LogP contribution in [0.4, 0.5) is 13.2 Å². The number of aryl methyl sites for hydroxylation is 1. The Morgan fingerprint density at radius 3 is 2.56 bits per heavy atom. The molecule has 0 fully saturated rings. The maximum atomic E-state index is 12.2. The lowest BCUT2D eigenvalue weighted by Crippen LogP contribution is -2.29. The van der Waals surface area contributed by atoms with Crippen LogP contribution in [-0.4, -0.2) is 13.3 Å². The van der Waals surface area contributed by atoms with Gasteiger partial charge in [-0.3, -0.25) is 11.3 Å². The van der Waals surface area contributed by atoms with Crippen molar-refractivity contribution >= 4 is 0 Å². The third kappa shape index (κ3) is 4.19. The highest BCUT2D eigenvalue weighted by atomic mass is 19.4. The van der Waals surface area contributed by atoms with Gasteiger partial charge >= 0.3 is 6.18 Å². The van der Waals surface area contributed by atoms with E-state index in [2.05, 4.69) is 5.43 Å². The van der Waals surface area contributed by atoms with E-state index in [9.17, 15) is 13.2 Å². The normalized spacial score (nSPS) is 13.4. The van der Waals surface area contributed by atoms with Gasteiger partial charge < -0.3 is 4.74 Å². The van der Waals surface area contributed by atoms with Gasteiger partial charge in [-0.1, -0.05) is 17.7 Å². The first-order chi connectivity index (χ1) is 8.37. The van der Waals surface area contributed by atoms with E-state index in [1.165, 1.54) is 7.11 Å². The highest BCUT2D eigenvalue weighted by Gasteiger charge is 2.29. The second-order valence-electron chi connectivity index (χ2n) is 4.12. The first kappa shape index (κ1) is 14.8. The number of methoxy groups -OCH3 is 1. The summed E-state index contributed by atoms with van der Waals surface area (Å²) in [5, 5.41) is 0. The number of halogens is 3. The van der Waals surface area contributed by atoms with E-state index < -0.39 is 18.6 Å². The van der Waals surface area contributed by atoms with E-state index in [1.54, 1.807) is 12.1 Å². The molecular weight excluding hydrogens is 245 g/mol. The number of hydrogen-bond acceptors (Lipinski definition) is 3. The van der Waals surface area contributed by atoms with E-state index in [-0.39, 0.29) is 6.42 Å². The molecule has 1 aromatic carbocycles. The average Bonchev–Trinajstić information content (AvgIpc) is 2.28. The number of nitrogens with one attached hydrogen (secondary N) is 1. The van der Waals surface area contributed by atoms with Gasteiger partial charge in [0.1, 0.15) is 5.75 Å². The number of benzene rings is 1. The van der Waals surface area contributed by atoms with Crippen molar-refractivity contribution in [3.63, 3.8) is 0 Å². The number of rotatable bonds is 5. The molecule has 0 bridgehead atoms. The fraction of sp³-hybridized carbons (Fsp3) is 0.500. The molecule has 0 saturated carbocycles. The molecule has 1 aromatic rings. The summed E-state index contributed by atoms with van der Waals surface area (Å²) in [4.78, 5) is 0. The Hall–Kier alpha value is -1.27. The Morgan fingerprint density at radius 2 is 2.06 bits per heavy atom. The average molecular weight is 262 g/mol. The van der Waals surface area contributed by atoms with Crippen LogP contribution in [-0.2, 0) is 0 Å². The quantitative estimate of drug-likeness (QED) is 0.633. The molecule has 3 N–H and O–H groups in total. The van der Waals surface area contributed by atoms with Crippen LogP contribution >= 0.6 is 0 Å². The zero-order chi connectivity index (χ0) is 13.8. The van der Waals surface area contributed by atoms with Gasteiger partial charge in [-0.15, -0.1) is 0 Å². The van der Waals surface area contributed by atoms with Crippen molar-refractivity contribution in [2.45, 2.75) is 32.0 Å². The van der Waals surface area contributed by atoms with Gasteiger partial charge in [0.05, 0.1) is 7.11 Å². The van der Waals surface area contributed by atoms with Crippen LogP contribution in [0.25, 0.3) is 0 Å². The second-order valence-corrected chi connectivity index (χ2v) is 4.12. The van der Waals surface area contributed by atoms with Gasteiger partial charge in [-0.25, -0.2) is 0 Å². The Labute approximate surface area is 104 Å². The molecule has 0 aliphatic heterocycles. The van der Waals surface area contributed by atoms with Gasteiger partial charge in [0.25, 0.3) is 0 Å². The third-order valence-electron chi connectivity index (χ3n) is 2.68. The predicted octanol–water partition coefficient (Wildman–Crippen LogP) is 2.85. The highest BCUT2D eigenvalue weighted by Crippen LogP contribution is 2.32. The Morgan fingerprint density at radius 1 is 1.39 bits per heavy atom. The van der Waals surface area contributed by atoms with Crippen molar-refractivity contribution in [2.24, 2.45) is 5.84 Å². The predicted molar refractivity (Wildman–Crippen MR) is 63.1 cm³/mol. The van der Waals surface area contributed by atoms with Gasteiger partial charge in [-0.05, 0) is 19.4 Å². The molecule has 1 unspecified atom stereocenters. The minimum absolute atomic E-state index is 0.125. The summed E-state index contributed by atoms with van der Waals surface area (Å²) < 4.78 is 41.8. The van der Waals surface area contributed by atoms with Crippen molar-refractivity contribution in [3.05, 3.63) is 29.3 Å². The van der Waals surface area contributed by atoms with Gasteiger partial charge in [-0.2, -0.15) is 13.2 Å². The van der Waals surface area contributed by atoms with Crippen LogP contribution in [0.2, 0.25) is 0 Å². The second kappa shape index (κ2) is 6.06. The summed E-state index contributed by atoms with van der Waals surface area (Å²) in [6.07, 6.45) is -5.20. The van der Waals surface area contributed by atoms with E-state index in [0.717, 1.165) is 5.56 Å². The van der Waals surface area contributed by atoms with Crippen molar-refractivity contribution in [1.29, 1.82) is 0 Å². The standard InChI is InChI=1S/C12H17F3N2O/c1-8-3-4-11(18-2)9(7-8)10(17-16)5-6-12(13,14)15/h3-4,7,10,17H,5-6,16H2,1-2H3. The molecule has 1 atom stereocenters. The fourth-order valence-corrected chi connectivity index (χ4v) is 1.76. The number of ether oxygens (including phenoxy) is 1. The SMILES string of the molecule is COc1ccc(C)cc1C(CCC(F)(F)F)NN. The molecule has 0 amide bonds. The molecule has 0 aliphatic carbocycles. The lowest BCUT2D eigenvalue weighted by Gasteiger charge is -2.20. The summed E-state index contributed by atoms with van der Waals surface area (Å²) in [6, 6.07) is 4.75. The summed E-state index contributed by atoms with van der Waals surface area (Å²) in [5.41, 5.74) is 4.00. The number of hydrogen-bond donors (Lipinski definition) is 2. The Kier molecular flexibility index (Phi) is 4.98. The van der Waals surface area contributed by atoms with Crippen molar-refractivity contribution in [3.8, 4) is 5.75 Å². The van der Waals surface area contributed by atoms with Crippen LogP contribution in [0, 0.1) is 6.92 Å². The molecule has 0 aliphatic rings. The summed E-state index contributed by atoms with van der Waals surface area (Å²) in [6.45, 7) is 1.86. The molecule has 0 heterocycles. The zero-order valence-corrected chi connectivity index (χ0v) is 10.3. The van der Waals surface area contributed by atoms with Crippen molar-refractivity contribution < 1.29 is 17.9 Å². The maximum absolute atomic E-state index is 12.2. The Balaban J connectivity index is 2.90. The van der Waals surface area contributed by atoms with Gasteiger partial charge in [0.15, 0.2) is 0 Å². The third-order valence-corrected chi connectivity index (χ3v) is 2.68. The van der Waals surface area contributed by atoms with Crippen molar-refractivity contribution in [2.75, 3.05) is 7.11 Å². The molecule has 6 heteroatoms. The largest absolute Gasteiger partial charge is 0.496 e. The number of alkyl halides is 3. The monoisotopic (exact) mass is 262 g/mol. The smallest absolute Gasteiger partial charge is 0.389 e. The fourth-order valence-electron chi connectivity index (χ4n) is 1.76. The van der Waals surface area contributed by atoms with E-state index >= 15 is 0 Å².